The van der Waals surface area contributed by atoms with E-state index in [1.807, 2.05) is 20.8 Å². The van der Waals surface area contributed by atoms with Gasteiger partial charge in [0.25, 0.3) is 0 Å². The zero-order valence-corrected chi connectivity index (χ0v) is 7.98. The lowest BCUT2D eigenvalue weighted by Gasteiger charge is -2.13. The van der Waals surface area contributed by atoms with E-state index in [2.05, 4.69) is 11.4 Å². The van der Waals surface area contributed by atoms with Crippen LogP contribution in [0.2, 0.25) is 0 Å². The number of hydrogen-bond donors (Lipinski definition) is 1. The minimum atomic E-state index is -0.384. The molecule has 0 saturated heterocycles. The van der Waals surface area contributed by atoms with Crippen LogP contribution in [-0.4, -0.2) is 12.5 Å². The number of nitriles is 1. The Morgan fingerprint density at radius 1 is 1.58 bits per heavy atom. The molecule has 0 atom stereocenters. The van der Waals surface area contributed by atoms with E-state index in [9.17, 15) is 4.79 Å². The molecule has 0 aliphatic carbocycles. The van der Waals surface area contributed by atoms with Gasteiger partial charge in [-0.05, 0) is 27.2 Å². The van der Waals surface area contributed by atoms with Crippen molar-refractivity contribution in [1.29, 1.82) is 5.26 Å². The van der Waals surface area contributed by atoms with Gasteiger partial charge in [-0.1, -0.05) is 0 Å². The number of rotatable bonds is 4. The summed E-state index contributed by atoms with van der Waals surface area (Å²) >= 11 is 0. The number of nitrogens with one attached hydrogen (secondary N) is 1. The monoisotopic (exact) mass is 168 g/mol. The molecule has 0 aromatic carbocycles. The molecule has 0 bridgehead atoms. The van der Waals surface area contributed by atoms with E-state index in [0.717, 1.165) is 0 Å². The third-order valence-electron chi connectivity index (χ3n) is 1.65. The molecule has 0 aromatic heterocycles. The summed E-state index contributed by atoms with van der Waals surface area (Å²) in [5.41, 5.74) is -0.384. The summed E-state index contributed by atoms with van der Waals surface area (Å²) in [5, 5.41) is 11.3. The van der Waals surface area contributed by atoms with Crippen LogP contribution in [0.15, 0.2) is 0 Å². The van der Waals surface area contributed by atoms with E-state index in [-0.39, 0.29) is 11.3 Å². The Hall–Kier alpha value is -1.04. The molecule has 3 heteroatoms. The molecule has 0 unspecified atom stereocenters. The first-order valence-corrected chi connectivity index (χ1v) is 4.20. The minimum Gasteiger partial charge on any atom is -0.356 e. The maximum Gasteiger partial charge on any atom is 0.220 e. The van der Waals surface area contributed by atoms with Gasteiger partial charge in [0, 0.05) is 13.0 Å². The fourth-order valence-electron chi connectivity index (χ4n) is 0.767. The molecular formula is C9H16N2O. The molecule has 0 aromatic rings. The molecule has 0 heterocycles. The van der Waals surface area contributed by atoms with Crippen molar-refractivity contribution in [2.24, 2.45) is 5.41 Å². The fraction of sp³-hybridized carbons (Fsp3) is 0.778. The van der Waals surface area contributed by atoms with Crippen LogP contribution < -0.4 is 5.32 Å². The molecule has 12 heavy (non-hydrogen) atoms. The topological polar surface area (TPSA) is 52.9 Å². The van der Waals surface area contributed by atoms with Gasteiger partial charge >= 0.3 is 0 Å². The van der Waals surface area contributed by atoms with Gasteiger partial charge in [0.1, 0.15) is 0 Å². The van der Waals surface area contributed by atoms with Gasteiger partial charge in [-0.2, -0.15) is 5.26 Å². The Labute approximate surface area is 73.8 Å². The molecule has 3 nitrogen and oxygen atoms in total. The number of amides is 1. The fourth-order valence-corrected chi connectivity index (χ4v) is 0.767. The smallest absolute Gasteiger partial charge is 0.220 e. The van der Waals surface area contributed by atoms with Crippen LogP contribution in [0, 0.1) is 16.7 Å². The Morgan fingerprint density at radius 3 is 2.58 bits per heavy atom. The maximum absolute atomic E-state index is 11.0. The summed E-state index contributed by atoms with van der Waals surface area (Å²) in [7, 11) is 0. The number of carbonyl (C=O) groups is 1. The standard InChI is InChI=1S/C9H16N2O/c1-4-11-8(12)5-6-9(2,3)7-10/h4-6H2,1-3H3,(H,11,12). The van der Waals surface area contributed by atoms with E-state index in [1.54, 1.807) is 0 Å². The second-order valence-corrected chi connectivity index (χ2v) is 3.45. The van der Waals surface area contributed by atoms with Gasteiger partial charge in [0.05, 0.1) is 11.5 Å². The predicted octanol–water partition coefficient (Wildman–Crippen LogP) is 1.45. The van der Waals surface area contributed by atoms with Crippen LogP contribution >= 0.6 is 0 Å². The minimum absolute atomic E-state index is 0.0285. The second-order valence-electron chi connectivity index (χ2n) is 3.45. The summed E-state index contributed by atoms with van der Waals surface area (Å²) in [6.45, 7) is 6.22. The van der Waals surface area contributed by atoms with Gasteiger partial charge in [-0.25, -0.2) is 0 Å². The van der Waals surface area contributed by atoms with Crippen molar-refractivity contribution in [1.82, 2.24) is 5.32 Å². The molecule has 1 N–H and O–H groups in total. The van der Waals surface area contributed by atoms with Crippen molar-refractivity contribution in [2.45, 2.75) is 33.6 Å². The molecular weight excluding hydrogens is 152 g/mol. The van der Waals surface area contributed by atoms with Crippen molar-refractivity contribution in [3.8, 4) is 6.07 Å². The van der Waals surface area contributed by atoms with E-state index in [0.29, 0.717) is 19.4 Å². The highest BCUT2D eigenvalue weighted by molar-refractivity contribution is 5.75. The maximum atomic E-state index is 11.0. The van der Waals surface area contributed by atoms with Gasteiger partial charge in [0.15, 0.2) is 0 Å². The largest absolute Gasteiger partial charge is 0.356 e. The molecule has 1 amide bonds. The molecule has 0 aliphatic rings. The highest BCUT2D eigenvalue weighted by Gasteiger charge is 2.17. The third-order valence-corrected chi connectivity index (χ3v) is 1.65. The van der Waals surface area contributed by atoms with Crippen molar-refractivity contribution in [3.05, 3.63) is 0 Å². The van der Waals surface area contributed by atoms with E-state index in [1.165, 1.54) is 0 Å². The van der Waals surface area contributed by atoms with Crippen LogP contribution in [0.1, 0.15) is 33.6 Å². The molecule has 0 radical (unpaired) electrons. The highest BCUT2D eigenvalue weighted by atomic mass is 16.1. The average molecular weight is 168 g/mol. The normalized spacial score (nSPS) is 10.5. The molecule has 0 saturated carbocycles. The summed E-state index contributed by atoms with van der Waals surface area (Å²) < 4.78 is 0. The van der Waals surface area contributed by atoms with E-state index >= 15 is 0 Å². The van der Waals surface area contributed by atoms with Crippen molar-refractivity contribution in [2.75, 3.05) is 6.54 Å². The Kier molecular flexibility index (Phi) is 4.35. The lowest BCUT2D eigenvalue weighted by atomic mass is 9.90. The zero-order chi connectivity index (χ0) is 9.61. The first kappa shape index (κ1) is 11.0. The van der Waals surface area contributed by atoms with Crippen molar-refractivity contribution in [3.63, 3.8) is 0 Å². The van der Waals surface area contributed by atoms with Crippen LogP contribution in [0.25, 0.3) is 0 Å². The second kappa shape index (κ2) is 4.76. The summed E-state index contributed by atoms with van der Waals surface area (Å²) in [4.78, 5) is 11.0. The Morgan fingerprint density at radius 2 is 2.17 bits per heavy atom. The zero-order valence-electron chi connectivity index (χ0n) is 7.98. The van der Waals surface area contributed by atoms with Gasteiger partial charge in [-0.15, -0.1) is 0 Å². The predicted molar refractivity (Wildman–Crippen MR) is 47.3 cm³/mol. The average Bonchev–Trinajstić information content (AvgIpc) is 2.02. The third kappa shape index (κ3) is 4.73. The molecule has 0 rings (SSSR count). The SMILES string of the molecule is CCNC(=O)CCC(C)(C)C#N. The van der Waals surface area contributed by atoms with Gasteiger partial charge in [0.2, 0.25) is 5.91 Å². The summed E-state index contributed by atoms with van der Waals surface area (Å²) in [6, 6.07) is 2.16. The van der Waals surface area contributed by atoms with Crippen LogP contribution in [0.4, 0.5) is 0 Å². The Balaban J connectivity index is 3.70. The van der Waals surface area contributed by atoms with Gasteiger partial charge in [-0.3, -0.25) is 4.79 Å². The van der Waals surface area contributed by atoms with Crippen LogP contribution in [0.5, 0.6) is 0 Å². The first-order valence-electron chi connectivity index (χ1n) is 4.20. The quantitative estimate of drug-likeness (QED) is 0.690. The summed E-state index contributed by atoms with van der Waals surface area (Å²) in [6.07, 6.45) is 1.06. The number of hydrogen-bond acceptors (Lipinski definition) is 2. The van der Waals surface area contributed by atoms with Crippen molar-refractivity contribution >= 4 is 5.91 Å². The molecule has 68 valence electrons. The van der Waals surface area contributed by atoms with E-state index < -0.39 is 0 Å². The Bertz CT molecular complexity index is 191. The lowest BCUT2D eigenvalue weighted by molar-refractivity contribution is -0.121. The number of carbonyl (C=O) groups excluding carboxylic acids is 1. The van der Waals surface area contributed by atoms with Crippen LogP contribution in [0.3, 0.4) is 0 Å². The van der Waals surface area contributed by atoms with Crippen LogP contribution in [-0.2, 0) is 4.79 Å². The molecule has 0 fully saturated rings. The lowest BCUT2D eigenvalue weighted by Crippen LogP contribution is -2.24. The molecule has 0 aliphatic heterocycles. The summed E-state index contributed by atoms with van der Waals surface area (Å²) in [5.74, 6) is 0.0285. The highest BCUT2D eigenvalue weighted by Crippen LogP contribution is 2.20. The number of nitrogens with zero attached hydrogens (tertiary/aromatic N) is 1. The van der Waals surface area contributed by atoms with Crippen molar-refractivity contribution < 1.29 is 4.79 Å². The first-order chi connectivity index (χ1) is 5.52. The van der Waals surface area contributed by atoms with E-state index in [4.69, 9.17) is 5.26 Å². The van der Waals surface area contributed by atoms with Gasteiger partial charge < -0.3 is 5.32 Å². The molecule has 0 spiro atoms.